The smallest absolute Gasteiger partial charge is 0.0784 e. The van der Waals surface area contributed by atoms with E-state index in [1.807, 2.05) is 0 Å². The van der Waals surface area contributed by atoms with Crippen molar-refractivity contribution in [3.05, 3.63) is 41.3 Å². The summed E-state index contributed by atoms with van der Waals surface area (Å²) in [5.41, 5.74) is 1.61. The van der Waals surface area contributed by atoms with Gasteiger partial charge in [0.2, 0.25) is 7.59 Å². The normalized spacial score (nSPS) is 12.9. The molecule has 1 aromatic carbocycles. The Morgan fingerprint density at radius 1 is 0.875 bits per heavy atom. The predicted octanol–water partition coefficient (Wildman–Crippen LogP) is 5.91. The SMILES string of the molecule is C[CH]c1c(C(Cl)(Cl)Cl)cccc1C(Cl)(Cl)Cl. The average Bonchev–Trinajstić information content (AvgIpc) is 2.13. The van der Waals surface area contributed by atoms with Gasteiger partial charge in [0.15, 0.2) is 0 Å². The Balaban J connectivity index is 3.45. The molecule has 0 spiro atoms. The number of benzene rings is 1. The first-order chi connectivity index (χ1) is 7.18. The monoisotopic (exact) mass is 337 g/mol. The van der Waals surface area contributed by atoms with Crippen molar-refractivity contribution in [2.45, 2.75) is 14.5 Å². The standard InChI is InChI=1S/C10H7Cl6/c1-2-6-7(9(11,12)13)4-3-5-8(6)10(14,15)16/h2-5H,1H3. The van der Waals surface area contributed by atoms with Gasteiger partial charge in [-0.2, -0.15) is 0 Å². The highest BCUT2D eigenvalue weighted by Gasteiger charge is 2.32. The van der Waals surface area contributed by atoms with Crippen molar-refractivity contribution >= 4 is 69.6 Å². The van der Waals surface area contributed by atoms with E-state index >= 15 is 0 Å². The lowest BCUT2D eigenvalue weighted by atomic mass is 10.0. The van der Waals surface area contributed by atoms with Gasteiger partial charge in [0.1, 0.15) is 0 Å². The molecule has 0 fully saturated rings. The Bertz CT molecular complexity index is 342. The first kappa shape index (κ1) is 15.0. The fourth-order valence-corrected chi connectivity index (χ4v) is 2.36. The zero-order chi connectivity index (χ0) is 12.6. The van der Waals surface area contributed by atoms with Crippen LogP contribution < -0.4 is 0 Å². The van der Waals surface area contributed by atoms with Crippen molar-refractivity contribution in [1.29, 1.82) is 0 Å². The lowest BCUT2D eigenvalue weighted by molar-refractivity contribution is 1.11. The second-order valence-corrected chi connectivity index (χ2v) is 7.61. The van der Waals surface area contributed by atoms with Crippen LogP contribution in [-0.2, 0) is 7.59 Å². The third kappa shape index (κ3) is 3.48. The molecular weight excluding hydrogens is 333 g/mol. The summed E-state index contributed by atoms with van der Waals surface area (Å²) in [4.78, 5) is 0. The third-order valence-corrected chi connectivity index (χ3v) is 3.23. The molecule has 0 amide bonds. The Morgan fingerprint density at radius 2 is 1.25 bits per heavy atom. The number of halogens is 6. The van der Waals surface area contributed by atoms with Crippen molar-refractivity contribution in [2.24, 2.45) is 0 Å². The van der Waals surface area contributed by atoms with Crippen LogP contribution in [0.2, 0.25) is 0 Å². The van der Waals surface area contributed by atoms with Gasteiger partial charge >= 0.3 is 0 Å². The van der Waals surface area contributed by atoms with Crippen molar-refractivity contribution in [1.82, 2.24) is 0 Å². The first-order valence-corrected chi connectivity index (χ1v) is 6.51. The van der Waals surface area contributed by atoms with E-state index in [1.54, 1.807) is 31.5 Å². The molecule has 0 saturated carbocycles. The minimum Gasteiger partial charge on any atom is -0.0784 e. The summed E-state index contributed by atoms with van der Waals surface area (Å²) in [7, 11) is 0. The molecule has 0 bridgehead atoms. The highest BCUT2D eigenvalue weighted by Crippen LogP contribution is 2.46. The molecule has 6 heteroatoms. The molecule has 0 aliphatic carbocycles. The van der Waals surface area contributed by atoms with Gasteiger partial charge in [-0.15, -0.1) is 0 Å². The van der Waals surface area contributed by atoms with Crippen molar-refractivity contribution in [2.75, 3.05) is 0 Å². The zero-order valence-electron chi connectivity index (χ0n) is 8.08. The Labute approximate surface area is 125 Å². The molecule has 0 aliphatic heterocycles. The molecule has 1 radical (unpaired) electrons. The van der Waals surface area contributed by atoms with Gasteiger partial charge < -0.3 is 0 Å². The fourth-order valence-electron chi connectivity index (χ4n) is 1.37. The summed E-state index contributed by atoms with van der Waals surface area (Å²) in [6.07, 6.45) is 1.74. The van der Waals surface area contributed by atoms with Crippen LogP contribution >= 0.6 is 69.6 Å². The van der Waals surface area contributed by atoms with Crippen molar-refractivity contribution < 1.29 is 0 Å². The maximum Gasteiger partial charge on any atom is 0.216 e. The van der Waals surface area contributed by atoms with E-state index < -0.39 is 7.59 Å². The van der Waals surface area contributed by atoms with Crippen LogP contribution in [0.4, 0.5) is 0 Å². The maximum atomic E-state index is 5.85. The summed E-state index contributed by atoms with van der Waals surface area (Å²) in [6.45, 7) is 1.79. The average molecular weight is 340 g/mol. The molecule has 0 heterocycles. The van der Waals surface area contributed by atoms with Crippen LogP contribution in [0.5, 0.6) is 0 Å². The van der Waals surface area contributed by atoms with Gasteiger partial charge in [-0.3, -0.25) is 0 Å². The van der Waals surface area contributed by atoms with E-state index in [9.17, 15) is 0 Å². The molecule has 89 valence electrons. The first-order valence-electron chi connectivity index (χ1n) is 4.24. The van der Waals surface area contributed by atoms with Gasteiger partial charge in [0.25, 0.3) is 0 Å². The number of alkyl halides is 6. The molecule has 16 heavy (non-hydrogen) atoms. The number of hydrogen-bond acceptors (Lipinski definition) is 0. The summed E-state index contributed by atoms with van der Waals surface area (Å²) >= 11 is 35.1. The van der Waals surface area contributed by atoms with Crippen molar-refractivity contribution in [3.63, 3.8) is 0 Å². The number of rotatable bonds is 1. The summed E-state index contributed by atoms with van der Waals surface area (Å²) in [6, 6.07) is 5.05. The molecule has 0 atom stereocenters. The number of hydrogen-bond donors (Lipinski definition) is 0. The van der Waals surface area contributed by atoms with Crippen LogP contribution in [0, 0.1) is 6.42 Å². The summed E-state index contributed by atoms with van der Waals surface area (Å²) < 4.78 is -3.10. The fraction of sp³-hybridized carbons (Fsp3) is 0.300. The van der Waals surface area contributed by atoms with Gasteiger partial charge in [-0.05, 0) is 12.0 Å². The lowest BCUT2D eigenvalue weighted by Crippen LogP contribution is -2.11. The highest BCUT2D eigenvalue weighted by atomic mass is 35.6. The molecule has 0 unspecified atom stereocenters. The van der Waals surface area contributed by atoms with Crippen LogP contribution in [-0.4, -0.2) is 0 Å². The molecule has 0 N–H and O–H groups in total. The molecule has 0 saturated heterocycles. The second kappa shape index (κ2) is 5.30. The molecule has 0 nitrogen and oxygen atoms in total. The van der Waals surface area contributed by atoms with Crippen LogP contribution in [0.1, 0.15) is 23.6 Å². The van der Waals surface area contributed by atoms with Crippen LogP contribution in [0.3, 0.4) is 0 Å². The van der Waals surface area contributed by atoms with Crippen molar-refractivity contribution in [3.8, 4) is 0 Å². The largest absolute Gasteiger partial charge is 0.216 e. The van der Waals surface area contributed by atoms with Gasteiger partial charge in [0, 0.05) is 11.1 Å². The topological polar surface area (TPSA) is 0 Å². The van der Waals surface area contributed by atoms with Gasteiger partial charge in [-0.25, -0.2) is 0 Å². The van der Waals surface area contributed by atoms with Crippen LogP contribution in [0.25, 0.3) is 0 Å². The molecule has 0 aromatic heterocycles. The predicted molar refractivity (Wildman–Crippen MR) is 74.0 cm³/mol. The van der Waals surface area contributed by atoms with E-state index in [1.165, 1.54) is 0 Å². The second-order valence-electron chi connectivity index (χ2n) is 3.05. The minimum absolute atomic E-state index is 0.490. The lowest BCUT2D eigenvalue weighted by Gasteiger charge is -2.22. The summed E-state index contributed by atoms with van der Waals surface area (Å²) in [5, 5.41) is 0. The van der Waals surface area contributed by atoms with E-state index in [0.29, 0.717) is 16.7 Å². The Kier molecular flexibility index (Phi) is 4.98. The third-order valence-electron chi connectivity index (χ3n) is 2.01. The Morgan fingerprint density at radius 3 is 1.50 bits per heavy atom. The maximum absolute atomic E-state index is 5.85. The van der Waals surface area contributed by atoms with Gasteiger partial charge in [0.05, 0.1) is 0 Å². The van der Waals surface area contributed by atoms with E-state index in [-0.39, 0.29) is 0 Å². The molecule has 1 aromatic rings. The summed E-state index contributed by atoms with van der Waals surface area (Å²) in [5.74, 6) is 0. The minimum atomic E-state index is -1.55. The molecule has 0 aliphatic rings. The highest BCUT2D eigenvalue weighted by molar-refractivity contribution is 6.67. The Hall–Kier alpha value is 0.960. The molecule has 1 rings (SSSR count). The van der Waals surface area contributed by atoms with E-state index in [4.69, 9.17) is 69.6 Å². The van der Waals surface area contributed by atoms with Gasteiger partial charge in [-0.1, -0.05) is 94.7 Å². The molecular formula is C10H7Cl6. The van der Waals surface area contributed by atoms with Crippen LogP contribution in [0.15, 0.2) is 18.2 Å². The van der Waals surface area contributed by atoms with E-state index in [2.05, 4.69) is 0 Å². The zero-order valence-corrected chi connectivity index (χ0v) is 12.6. The quantitative estimate of drug-likeness (QED) is 0.558. The van der Waals surface area contributed by atoms with E-state index in [0.717, 1.165) is 0 Å².